The van der Waals surface area contributed by atoms with Gasteiger partial charge in [-0.3, -0.25) is 4.57 Å². The van der Waals surface area contributed by atoms with Crippen LogP contribution in [0.1, 0.15) is 33.9 Å². The second-order valence-electron chi connectivity index (χ2n) is 8.51. The van der Waals surface area contributed by atoms with Gasteiger partial charge in [0.2, 0.25) is 5.28 Å². The molecule has 0 saturated carbocycles. The van der Waals surface area contributed by atoms with Gasteiger partial charge in [0.05, 0.1) is 17.5 Å². The Morgan fingerprint density at radius 2 is 1.65 bits per heavy atom. The highest BCUT2D eigenvalue weighted by atomic mass is 35.5. The average Bonchev–Trinajstić information content (AvgIpc) is 3.43. The first-order chi connectivity index (χ1) is 17.8. The predicted molar refractivity (Wildman–Crippen MR) is 131 cm³/mol. The number of carbonyl (C=O) groups is 2. The summed E-state index contributed by atoms with van der Waals surface area (Å²) >= 11 is 12.1. The smallest absolute Gasteiger partial charge is 0.338 e. The number of fused-ring (bicyclic) bond motifs is 1. The number of benzene rings is 2. The van der Waals surface area contributed by atoms with E-state index in [2.05, 4.69) is 15.0 Å². The number of nitrogens with zero attached hydrogens (tertiary/aromatic N) is 4. The molecule has 1 aliphatic heterocycles. The van der Waals surface area contributed by atoms with Crippen LogP contribution >= 0.6 is 23.2 Å². The lowest BCUT2D eigenvalue weighted by molar-refractivity contribution is -0.120. The number of halogens is 3. The molecule has 2 aromatic carbocycles. The van der Waals surface area contributed by atoms with Crippen LogP contribution in [0.15, 0.2) is 67.0 Å². The largest absolute Gasteiger partial charge is 0.459 e. The second-order valence-corrected chi connectivity index (χ2v) is 9.20. The highest BCUT2D eigenvalue weighted by Crippen LogP contribution is 2.42. The summed E-state index contributed by atoms with van der Waals surface area (Å²) in [7, 11) is 0. The summed E-state index contributed by atoms with van der Waals surface area (Å²) in [6.07, 6.45) is -3.45. The molecule has 9 nitrogen and oxygen atoms in total. The minimum Gasteiger partial charge on any atom is -0.459 e. The minimum absolute atomic E-state index is 0.0197. The average molecular weight is 545 g/mol. The topological polar surface area (TPSA) is 105 Å². The number of ether oxygens (including phenoxy) is 3. The van der Waals surface area contributed by atoms with E-state index in [9.17, 15) is 9.59 Å². The maximum atomic E-state index is 16.1. The lowest BCUT2D eigenvalue weighted by atomic mass is 9.98. The summed E-state index contributed by atoms with van der Waals surface area (Å²) < 4.78 is 34.5. The molecule has 0 radical (unpaired) electrons. The first-order valence-corrected chi connectivity index (χ1v) is 11.9. The van der Waals surface area contributed by atoms with Crippen molar-refractivity contribution < 1.29 is 28.2 Å². The van der Waals surface area contributed by atoms with E-state index in [0.29, 0.717) is 5.56 Å². The normalized spacial score (nSPS) is 23.2. The second kappa shape index (κ2) is 10.0. The van der Waals surface area contributed by atoms with Crippen LogP contribution in [0.2, 0.25) is 10.4 Å². The maximum absolute atomic E-state index is 16.1. The summed E-state index contributed by atoms with van der Waals surface area (Å²) in [5, 5.41) is -0.187. The third kappa shape index (κ3) is 4.87. The van der Waals surface area contributed by atoms with Crippen LogP contribution in [0.3, 0.4) is 0 Å². The van der Waals surface area contributed by atoms with E-state index < -0.39 is 42.7 Å². The fourth-order valence-electron chi connectivity index (χ4n) is 4.08. The van der Waals surface area contributed by atoms with Gasteiger partial charge >= 0.3 is 11.9 Å². The fourth-order valence-corrected chi connectivity index (χ4v) is 4.50. The first kappa shape index (κ1) is 25.1. The van der Waals surface area contributed by atoms with Crippen molar-refractivity contribution in [2.75, 3.05) is 6.61 Å². The van der Waals surface area contributed by atoms with E-state index in [-0.39, 0.29) is 27.2 Å². The van der Waals surface area contributed by atoms with Crippen molar-refractivity contribution >= 4 is 46.3 Å². The monoisotopic (exact) mass is 544 g/mol. The van der Waals surface area contributed by atoms with Crippen molar-refractivity contribution in [2.24, 2.45) is 0 Å². The summed E-state index contributed by atoms with van der Waals surface area (Å²) in [5.74, 6) is -1.40. The fraction of sp³-hybridized carbons (Fsp3) is 0.240. The van der Waals surface area contributed by atoms with Crippen LogP contribution in [0.25, 0.3) is 11.2 Å². The predicted octanol–water partition coefficient (Wildman–Crippen LogP) is 4.84. The van der Waals surface area contributed by atoms with E-state index in [1.54, 1.807) is 60.7 Å². The van der Waals surface area contributed by atoms with Crippen molar-refractivity contribution in [3.63, 3.8) is 0 Å². The van der Waals surface area contributed by atoms with Crippen molar-refractivity contribution in [1.29, 1.82) is 0 Å². The van der Waals surface area contributed by atoms with E-state index in [1.807, 2.05) is 0 Å². The first-order valence-electron chi connectivity index (χ1n) is 11.1. The number of rotatable bonds is 6. The summed E-state index contributed by atoms with van der Waals surface area (Å²) in [6, 6.07) is 16.4. The van der Waals surface area contributed by atoms with E-state index >= 15 is 4.39 Å². The highest BCUT2D eigenvalue weighted by molar-refractivity contribution is 6.35. The molecular weight excluding hydrogens is 526 g/mol. The number of imidazole rings is 1. The zero-order valence-corrected chi connectivity index (χ0v) is 20.8. The van der Waals surface area contributed by atoms with Gasteiger partial charge in [-0.05, 0) is 42.8 Å². The molecule has 4 aromatic rings. The highest BCUT2D eigenvalue weighted by Gasteiger charge is 2.57. The SMILES string of the molecule is C[C@]1(COC(=O)c2ccccc2)O[C@@H](n2cnc3c(Cl)nc(Cl)nc32)[C@@H](F)[C@@H]1OC(=O)c1ccccc1. The van der Waals surface area contributed by atoms with Crippen LogP contribution in [-0.2, 0) is 14.2 Å². The Morgan fingerprint density at radius 3 is 2.30 bits per heavy atom. The van der Waals surface area contributed by atoms with E-state index in [0.717, 1.165) is 0 Å². The molecule has 3 heterocycles. The molecule has 1 fully saturated rings. The van der Waals surface area contributed by atoms with Gasteiger partial charge in [-0.1, -0.05) is 48.0 Å². The Hall–Kier alpha value is -3.60. The number of hydrogen-bond donors (Lipinski definition) is 0. The standard InChI is InChI=1S/C25H19Cl2FN4O5/c1-25(12-35-22(33)14-8-4-2-5-9-14)18(36-23(34)15-10-6-3-7-11-15)16(28)21(37-25)32-13-29-17-19(26)30-24(27)31-20(17)32/h2-11,13,16,18,21H,12H2,1H3/t16-,18-,21+,25+/m0/s1. The molecule has 5 rings (SSSR count). The molecule has 190 valence electrons. The van der Waals surface area contributed by atoms with Gasteiger partial charge in [0.15, 0.2) is 29.3 Å². The molecule has 0 N–H and O–H groups in total. The molecule has 0 unspecified atom stereocenters. The van der Waals surface area contributed by atoms with Gasteiger partial charge in [-0.25, -0.2) is 23.9 Å². The summed E-state index contributed by atoms with van der Waals surface area (Å²) in [5.41, 5.74) is -0.742. The van der Waals surface area contributed by atoms with Gasteiger partial charge in [-0.2, -0.15) is 4.98 Å². The van der Waals surface area contributed by atoms with Crippen molar-refractivity contribution in [3.8, 4) is 0 Å². The molecule has 1 aliphatic rings. The van der Waals surface area contributed by atoms with Gasteiger partial charge in [0.25, 0.3) is 0 Å². The Morgan fingerprint density at radius 1 is 1.03 bits per heavy atom. The molecule has 12 heteroatoms. The number of esters is 2. The number of aromatic nitrogens is 4. The third-order valence-electron chi connectivity index (χ3n) is 5.92. The minimum atomic E-state index is -1.90. The van der Waals surface area contributed by atoms with Gasteiger partial charge in [0.1, 0.15) is 17.7 Å². The van der Waals surface area contributed by atoms with E-state index in [4.69, 9.17) is 37.4 Å². The van der Waals surface area contributed by atoms with Crippen molar-refractivity contribution in [1.82, 2.24) is 19.5 Å². The molecule has 4 atom stereocenters. The Bertz CT molecular complexity index is 1460. The quantitative estimate of drug-likeness (QED) is 0.193. The van der Waals surface area contributed by atoms with Gasteiger partial charge in [-0.15, -0.1) is 0 Å². The van der Waals surface area contributed by atoms with E-state index in [1.165, 1.54) is 17.8 Å². The van der Waals surface area contributed by atoms with Crippen molar-refractivity contribution in [3.05, 3.63) is 88.6 Å². The van der Waals surface area contributed by atoms with Gasteiger partial charge < -0.3 is 14.2 Å². The molecule has 1 saturated heterocycles. The van der Waals surface area contributed by atoms with Gasteiger partial charge in [0, 0.05) is 0 Å². The zero-order chi connectivity index (χ0) is 26.2. The molecule has 0 spiro atoms. The van der Waals surface area contributed by atoms with Crippen molar-refractivity contribution in [2.45, 2.75) is 31.0 Å². The molecule has 37 heavy (non-hydrogen) atoms. The number of carbonyl (C=O) groups excluding carboxylic acids is 2. The molecular formula is C25H19Cl2FN4O5. The summed E-state index contributed by atoms with van der Waals surface area (Å²) in [6.45, 7) is 1.09. The zero-order valence-electron chi connectivity index (χ0n) is 19.3. The van der Waals surface area contributed by atoms with Crippen LogP contribution in [-0.4, -0.2) is 55.9 Å². The Labute approximate surface area is 220 Å². The molecule has 0 bridgehead atoms. The lowest BCUT2D eigenvalue weighted by Gasteiger charge is -2.29. The molecule has 0 amide bonds. The van der Waals surface area contributed by atoms with Crippen LogP contribution in [0.4, 0.5) is 4.39 Å². The van der Waals surface area contributed by atoms with Crippen LogP contribution in [0.5, 0.6) is 0 Å². The Kier molecular flexibility index (Phi) is 6.80. The lowest BCUT2D eigenvalue weighted by Crippen LogP contribution is -2.46. The Balaban J connectivity index is 1.47. The summed E-state index contributed by atoms with van der Waals surface area (Å²) in [4.78, 5) is 37.5. The number of hydrogen-bond acceptors (Lipinski definition) is 8. The maximum Gasteiger partial charge on any atom is 0.338 e. The van der Waals surface area contributed by atoms with Crippen LogP contribution < -0.4 is 0 Å². The molecule has 0 aliphatic carbocycles. The van der Waals surface area contributed by atoms with Crippen LogP contribution in [0, 0.1) is 0 Å². The molecule has 2 aromatic heterocycles. The third-order valence-corrected chi connectivity index (χ3v) is 6.35. The number of alkyl halides is 1.